The van der Waals surface area contributed by atoms with E-state index >= 15 is 0 Å². The van der Waals surface area contributed by atoms with Crippen molar-refractivity contribution >= 4 is 46.5 Å². The van der Waals surface area contributed by atoms with Crippen molar-refractivity contribution in [3.05, 3.63) is 80.0 Å². The third kappa shape index (κ3) is 4.61. The maximum atomic E-state index is 12.8. The first-order valence-electron chi connectivity index (χ1n) is 9.23. The molecule has 0 spiro atoms. The summed E-state index contributed by atoms with van der Waals surface area (Å²) in [4.78, 5) is 12.8. The largest absolute Gasteiger partial charge is 0.361 e. The number of nitrogens with zero attached hydrogens (tertiary/aromatic N) is 5. The summed E-state index contributed by atoms with van der Waals surface area (Å²) < 4.78 is 8.54. The number of halogens is 3. The summed E-state index contributed by atoms with van der Waals surface area (Å²) in [5.41, 5.74) is 2.35. The number of anilines is 1. The second-order valence-electron chi connectivity index (χ2n) is 6.90. The van der Waals surface area contributed by atoms with E-state index in [1.807, 2.05) is 6.92 Å². The number of rotatable bonds is 6. The highest BCUT2D eigenvalue weighted by molar-refractivity contribution is 6.36. The average Bonchev–Trinajstić information content (AvgIpc) is 3.39. The van der Waals surface area contributed by atoms with Crippen LogP contribution in [-0.2, 0) is 13.1 Å². The maximum Gasteiger partial charge on any atom is 0.279 e. The Morgan fingerprint density at radius 3 is 2.55 bits per heavy atom. The van der Waals surface area contributed by atoms with Crippen LogP contribution in [-0.4, -0.2) is 30.6 Å². The van der Waals surface area contributed by atoms with Gasteiger partial charge in [0, 0.05) is 39.1 Å². The molecular weight excluding hydrogens is 463 g/mol. The number of aryl methyl sites for hydroxylation is 2. The molecule has 31 heavy (non-hydrogen) atoms. The first kappa shape index (κ1) is 21.4. The van der Waals surface area contributed by atoms with Crippen LogP contribution >= 0.6 is 34.8 Å². The third-order valence-corrected chi connectivity index (χ3v) is 5.62. The standard InChI is InChI=1S/C20H17Cl3N6O2/c1-11-6-18(26-29(11)10-15-16(22)4-3-5-17(15)23)25-20(30)19-14(12(2)31-27-19)9-28-8-13(21)7-24-28/h3-8H,9-10H2,1-2H3,(H,25,26,30). The molecule has 1 amide bonds. The zero-order valence-electron chi connectivity index (χ0n) is 16.6. The van der Waals surface area contributed by atoms with E-state index in [2.05, 4.69) is 20.7 Å². The number of carbonyl (C=O) groups excluding carboxylic acids is 1. The Bertz CT molecular complexity index is 1240. The van der Waals surface area contributed by atoms with Crippen LogP contribution in [0.1, 0.15) is 33.1 Å². The normalized spacial score (nSPS) is 11.1. The van der Waals surface area contributed by atoms with E-state index in [1.54, 1.807) is 46.7 Å². The minimum atomic E-state index is -0.439. The number of carbonyl (C=O) groups is 1. The summed E-state index contributed by atoms with van der Waals surface area (Å²) in [6, 6.07) is 7.07. The molecule has 0 aliphatic rings. The Morgan fingerprint density at radius 1 is 1.13 bits per heavy atom. The molecule has 8 nitrogen and oxygen atoms in total. The van der Waals surface area contributed by atoms with Crippen LogP contribution in [0.2, 0.25) is 15.1 Å². The van der Waals surface area contributed by atoms with E-state index in [9.17, 15) is 4.79 Å². The van der Waals surface area contributed by atoms with Crippen molar-refractivity contribution in [3.63, 3.8) is 0 Å². The van der Waals surface area contributed by atoms with Crippen molar-refractivity contribution in [2.45, 2.75) is 26.9 Å². The van der Waals surface area contributed by atoms with Crippen LogP contribution in [0.3, 0.4) is 0 Å². The molecule has 0 atom stereocenters. The van der Waals surface area contributed by atoms with Gasteiger partial charge >= 0.3 is 0 Å². The van der Waals surface area contributed by atoms with Crippen molar-refractivity contribution in [2.24, 2.45) is 0 Å². The maximum absolute atomic E-state index is 12.8. The number of nitrogens with one attached hydrogen (secondary N) is 1. The lowest BCUT2D eigenvalue weighted by Crippen LogP contribution is -2.16. The molecule has 0 radical (unpaired) electrons. The Morgan fingerprint density at radius 2 is 1.87 bits per heavy atom. The van der Waals surface area contributed by atoms with Crippen molar-refractivity contribution < 1.29 is 9.32 Å². The number of benzene rings is 1. The Balaban J connectivity index is 1.53. The fraction of sp³-hybridized carbons (Fsp3) is 0.200. The van der Waals surface area contributed by atoms with Gasteiger partial charge in [-0.05, 0) is 26.0 Å². The van der Waals surface area contributed by atoms with Crippen LogP contribution < -0.4 is 5.32 Å². The van der Waals surface area contributed by atoms with Crippen LogP contribution in [0.15, 0.2) is 41.2 Å². The van der Waals surface area contributed by atoms with Crippen LogP contribution in [0, 0.1) is 13.8 Å². The summed E-state index contributed by atoms with van der Waals surface area (Å²) in [5.74, 6) is 0.455. The van der Waals surface area contributed by atoms with Gasteiger partial charge in [-0.1, -0.05) is 46.0 Å². The molecule has 1 aromatic carbocycles. The summed E-state index contributed by atoms with van der Waals surface area (Å²) in [6.07, 6.45) is 3.17. The van der Waals surface area contributed by atoms with Crippen molar-refractivity contribution in [2.75, 3.05) is 5.32 Å². The second kappa shape index (κ2) is 8.74. The molecule has 1 N–H and O–H groups in total. The van der Waals surface area contributed by atoms with E-state index in [4.69, 9.17) is 39.3 Å². The van der Waals surface area contributed by atoms with E-state index in [1.165, 1.54) is 6.20 Å². The highest BCUT2D eigenvalue weighted by Gasteiger charge is 2.22. The van der Waals surface area contributed by atoms with Crippen molar-refractivity contribution in [1.29, 1.82) is 0 Å². The molecule has 4 rings (SSSR count). The molecule has 0 aliphatic carbocycles. The van der Waals surface area contributed by atoms with Gasteiger partial charge in [-0.15, -0.1) is 0 Å². The molecule has 4 aromatic rings. The molecular formula is C20H17Cl3N6O2. The fourth-order valence-corrected chi connectivity index (χ4v) is 3.76. The summed E-state index contributed by atoms with van der Waals surface area (Å²) in [5, 5.41) is 16.9. The minimum Gasteiger partial charge on any atom is -0.361 e. The summed E-state index contributed by atoms with van der Waals surface area (Å²) >= 11 is 18.4. The quantitative estimate of drug-likeness (QED) is 0.420. The lowest BCUT2D eigenvalue weighted by molar-refractivity contribution is 0.101. The van der Waals surface area contributed by atoms with Gasteiger partial charge in [0.25, 0.3) is 5.91 Å². The van der Waals surface area contributed by atoms with Gasteiger partial charge in [-0.2, -0.15) is 10.2 Å². The predicted octanol–water partition coefficient (Wildman–Crippen LogP) is 4.99. The van der Waals surface area contributed by atoms with Gasteiger partial charge in [-0.3, -0.25) is 14.2 Å². The van der Waals surface area contributed by atoms with Gasteiger partial charge in [0.1, 0.15) is 5.76 Å². The molecule has 0 bridgehead atoms. The zero-order chi connectivity index (χ0) is 22.1. The molecule has 0 unspecified atom stereocenters. The minimum absolute atomic E-state index is 0.158. The SMILES string of the molecule is Cc1onc(C(=O)Nc2cc(C)n(Cc3c(Cl)cccc3Cl)n2)c1Cn1cc(Cl)cn1. The van der Waals surface area contributed by atoms with Gasteiger partial charge in [0.15, 0.2) is 11.5 Å². The Kier molecular flexibility index (Phi) is 6.04. The molecule has 0 aliphatic heterocycles. The molecule has 0 saturated carbocycles. The van der Waals surface area contributed by atoms with Gasteiger partial charge in [-0.25, -0.2) is 0 Å². The lowest BCUT2D eigenvalue weighted by Gasteiger charge is -2.08. The van der Waals surface area contributed by atoms with Crippen LogP contribution in [0.4, 0.5) is 5.82 Å². The van der Waals surface area contributed by atoms with E-state index in [0.717, 1.165) is 11.3 Å². The zero-order valence-corrected chi connectivity index (χ0v) is 18.8. The Hall–Kier alpha value is -2.81. The van der Waals surface area contributed by atoms with Crippen molar-refractivity contribution in [3.8, 4) is 0 Å². The van der Waals surface area contributed by atoms with Gasteiger partial charge in [0.05, 0.1) is 24.3 Å². The number of aromatic nitrogens is 5. The molecule has 3 aromatic heterocycles. The second-order valence-corrected chi connectivity index (χ2v) is 8.16. The van der Waals surface area contributed by atoms with Gasteiger partial charge < -0.3 is 9.84 Å². The predicted molar refractivity (Wildman–Crippen MR) is 118 cm³/mol. The molecule has 160 valence electrons. The third-order valence-electron chi connectivity index (χ3n) is 4.71. The molecule has 0 fully saturated rings. The fourth-order valence-electron chi connectivity index (χ4n) is 3.08. The topological polar surface area (TPSA) is 90.8 Å². The van der Waals surface area contributed by atoms with E-state index in [-0.39, 0.29) is 5.69 Å². The van der Waals surface area contributed by atoms with E-state index in [0.29, 0.717) is 45.3 Å². The molecule has 0 saturated heterocycles. The van der Waals surface area contributed by atoms with Crippen molar-refractivity contribution in [1.82, 2.24) is 24.7 Å². The number of hydrogen-bond acceptors (Lipinski definition) is 5. The average molecular weight is 480 g/mol. The number of amides is 1. The molecule has 3 heterocycles. The number of hydrogen-bond donors (Lipinski definition) is 1. The highest BCUT2D eigenvalue weighted by Crippen LogP contribution is 2.26. The van der Waals surface area contributed by atoms with Gasteiger partial charge in [0.2, 0.25) is 0 Å². The summed E-state index contributed by atoms with van der Waals surface area (Å²) in [6.45, 7) is 4.27. The monoisotopic (exact) mass is 478 g/mol. The first-order valence-corrected chi connectivity index (χ1v) is 10.4. The lowest BCUT2D eigenvalue weighted by atomic mass is 10.2. The smallest absolute Gasteiger partial charge is 0.279 e. The Labute approximate surface area is 192 Å². The highest BCUT2D eigenvalue weighted by atomic mass is 35.5. The van der Waals surface area contributed by atoms with E-state index < -0.39 is 5.91 Å². The summed E-state index contributed by atoms with van der Waals surface area (Å²) in [7, 11) is 0. The van der Waals surface area contributed by atoms with Crippen LogP contribution in [0.25, 0.3) is 0 Å². The van der Waals surface area contributed by atoms with Crippen LogP contribution in [0.5, 0.6) is 0 Å². The molecule has 11 heteroatoms. The first-order chi connectivity index (χ1) is 14.8.